The van der Waals surface area contributed by atoms with E-state index in [1.54, 1.807) is 6.08 Å². The lowest BCUT2D eigenvalue weighted by atomic mass is 10.4. The van der Waals surface area contributed by atoms with Crippen LogP contribution >= 0.6 is 8.25 Å². The Morgan fingerprint density at radius 1 is 1.14 bits per heavy atom. The van der Waals surface area contributed by atoms with Gasteiger partial charge in [0.2, 0.25) is 0 Å². The van der Waals surface area contributed by atoms with Crippen molar-refractivity contribution in [2.24, 2.45) is 5.73 Å². The smallest absolute Gasteiger partial charge is 0.314 e. The minimum absolute atomic E-state index is 0.583. The molecule has 0 aromatic heterocycles. The Kier molecular flexibility index (Phi) is 16.2. The molecule has 0 fully saturated rings. The summed E-state index contributed by atoms with van der Waals surface area (Å²) in [5, 5.41) is 0. The first-order chi connectivity index (χ1) is 6.65. The SMILES string of the molecule is C=CCN.O=[PH](O)O.c1ccccc1. The molecule has 80 valence electrons. The molecule has 0 aliphatic rings. The van der Waals surface area contributed by atoms with Gasteiger partial charge in [-0.2, -0.15) is 0 Å². The number of hydrogen-bond donors (Lipinski definition) is 3. The predicted octanol–water partition coefficient (Wildman–Crippen LogP) is 1.18. The Morgan fingerprint density at radius 2 is 1.29 bits per heavy atom. The van der Waals surface area contributed by atoms with Gasteiger partial charge < -0.3 is 15.5 Å². The van der Waals surface area contributed by atoms with E-state index in [9.17, 15) is 0 Å². The highest BCUT2D eigenvalue weighted by Crippen LogP contribution is 1.98. The van der Waals surface area contributed by atoms with Crippen LogP contribution in [0.25, 0.3) is 0 Å². The van der Waals surface area contributed by atoms with Crippen molar-refractivity contribution in [3.63, 3.8) is 0 Å². The number of hydrogen-bond acceptors (Lipinski definition) is 2. The van der Waals surface area contributed by atoms with Gasteiger partial charge in [-0.15, -0.1) is 6.58 Å². The molecule has 0 saturated carbocycles. The lowest BCUT2D eigenvalue weighted by molar-refractivity contribution is 0.405. The van der Waals surface area contributed by atoms with Crippen molar-refractivity contribution < 1.29 is 14.4 Å². The van der Waals surface area contributed by atoms with Gasteiger partial charge in [0, 0.05) is 6.54 Å². The molecule has 1 aromatic carbocycles. The van der Waals surface area contributed by atoms with Gasteiger partial charge in [-0.25, -0.2) is 0 Å². The summed E-state index contributed by atoms with van der Waals surface area (Å²) in [6.07, 6.45) is 1.65. The topological polar surface area (TPSA) is 83.6 Å². The molecule has 0 atom stereocenters. The Labute approximate surface area is 84.7 Å². The second kappa shape index (κ2) is 14.6. The summed E-state index contributed by atoms with van der Waals surface area (Å²) in [4.78, 5) is 14.3. The Hall–Kier alpha value is -0.930. The van der Waals surface area contributed by atoms with E-state index >= 15 is 0 Å². The van der Waals surface area contributed by atoms with E-state index in [0.717, 1.165) is 0 Å². The average Bonchev–Trinajstić information content (AvgIpc) is 2.20. The molecule has 0 aliphatic heterocycles. The van der Waals surface area contributed by atoms with Crippen LogP contribution in [0.4, 0.5) is 0 Å². The maximum atomic E-state index is 8.74. The van der Waals surface area contributed by atoms with Gasteiger partial charge in [-0.05, 0) is 0 Å². The quantitative estimate of drug-likeness (QED) is 0.487. The van der Waals surface area contributed by atoms with E-state index in [1.165, 1.54) is 0 Å². The van der Waals surface area contributed by atoms with Crippen molar-refractivity contribution in [3.8, 4) is 0 Å². The lowest BCUT2D eigenvalue weighted by Gasteiger charge is -1.69. The highest BCUT2D eigenvalue weighted by atomic mass is 31.1. The zero-order valence-electron chi connectivity index (χ0n) is 7.84. The van der Waals surface area contributed by atoms with Crippen LogP contribution < -0.4 is 5.73 Å². The van der Waals surface area contributed by atoms with E-state index in [0.29, 0.717) is 6.54 Å². The van der Waals surface area contributed by atoms with Crippen LogP contribution in [0.1, 0.15) is 0 Å². The molecule has 4 nitrogen and oxygen atoms in total. The molecule has 0 amide bonds. The largest absolute Gasteiger partial charge is 0.327 e. The average molecular weight is 217 g/mol. The zero-order valence-corrected chi connectivity index (χ0v) is 8.84. The molecule has 1 aromatic rings. The maximum absolute atomic E-state index is 8.74. The Balaban J connectivity index is 0. The van der Waals surface area contributed by atoms with E-state index < -0.39 is 8.25 Å². The monoisotopic (exact) mass is 217 g/mol. The van der Waals surface area contributed by atoms with Crippen molar-refractivity contribution >= 4 is 8.25 Å². The second-order valence-corrected chi connectivity index (χ2v) is 2.53. The summed E-state index contributed by atoms with van der Waals surface area (Å²) in [6.45, 7) is 3.94. The molecule has 0 spiro atoms. The third-order valence-corrected chi connectivity index (χ3v) is 0.833. The van der Waals surface area contributed by atoms with Gasteiger partial charge in [0.15, 0.2) is 0 Å². The summed E-state index contributed by atoms with van der Waals surface area (Å²) < 4.78 is 8.74. The molecule has 0 radical (unpaired) electrons. The molecule has 0 bridgehead atoms. The molecule has 14 heavy (non-hydrogen) atoms. The first-order valence-corrected chi connectivity index (χ1v) is 5.18. The summed E-state index contributed by atoms with van der Waals surface area (Å²) in [7, 11) is -3.13. The molecule has 4 N–H and O–H groups in total. The first-order valence-electron chi connectivity index (χ1n) is 3.88. The van der Waals surface area contributed by atoms with Gasteiger partial charge in [-0.3, -0.25) is 4.57 Å². The van der Waals surface area contributed by atoms with Crippen molar-refractivity contribution in [2.75, 3.05) is 6.54 Å². The molecule has 1 rings (SSSR count). The van der Waals surface area contributed by atoms with Gasteiger partial charge in [0.05, 0.1) is 0 Å². The number of nitrogens with two attached hydrogens (primary N) is 1. The Bertz CT molecular complexity index is 198. The van der Waals surface area contributed by atoms with Gasteiger partial charge in [0.25, 0.3) is 0 Å². The zero-order chi connectivity index (χ0) is 11.2. The molecule has 0 saturated heterocycles. The first kappa shape index (κ1) is 15.5. The second-order valence-electron chi connectivity index (χ2n) is 1.96. The van der Waals surface area contributed by atoms with Crippen molar-refractivity contribution in [1.29, 1.82) is 0 Å². The lowest BCUT2D eigenvalue weighted by Crippen LogP contribution is -1.90. The summed E-state index contributed by atoms with van der Waals surface area (Å²) in [5.41, 5.74) is 4.91. The maximum Gasteiger partial charge on any atom is 0.314 e. The van der Waals surface area contributed by atoms with Crippen LogP contribution in [0, 0.1) is 0 Å². The van der Waals surface area contributed by atoms with Crippen LogP contribution in [0.15, 0.2) is 49.1 Å². The molecular weight excluding hydrogens is 201 g/mol. The van der Waals surface area contributed by atoms with Crippen LogP contribution in [-0.2, 0) is 4.57 Å². The van der Waals surface area contributed by atoms with Crippen molar-refractivity contribution in [3.05, 3.63) is 49.1 Å². The van der Waals surface area contributed by atoms with Crippen LogP contribution in [0.5, 0.6) is 0 Å². The van der Waals surface area contributed by atoms with E-state index in [1.807, 2.05) is 36.4 Å². The molecule has 5 heteroatoms. The van der Waals surface area contributed by atoms with Crippen LogP contribution in [0.3, 0.4) is 0 Å². The minimum atomic E-state index is -3.13. The van der Waals surface area contributed by atoms with Crippen molar-refractivity contribution in [2.45, 2.75) is 0 Å². The summed E-state index contributed by atoms with van der Waals surface area (Å²) in [6, 6.07) is 12.0. The molecule has 0 unspecified atom stereocenters. The predicted molar refractivity (Wildman–Crippen MR) is 59.1 cm³/mol. The standard InChI is InChI=1S/C6H6.C3H7N.H3O3P/c1-2-4-6-5-3-1;1-2-3-4;1-4(2)3/h1-6H;2H,1,3-4H2;4H,(H2,1,2,3). The Morgan fingerprint density at radius 3 is 1.36 bits per heavy atom. The van der Waals surface area contributed by atoms with Crippen LogP contribution in [0.2, 0.25) is 0 Å². The van der Waals surface area contributed by atoms with Gasteiger partial charge >= 0.3 is 8.25 Å². The third kappa shape index (κ3) is 30.5. The fraction of sp³-hybridized carbons (Fsp3) is 0.111. The normalized spacial score (nSPS) is 7.71. The van der Waals surface area contributed by atoms with Gasteiger partial charge in [-0.1, -0.05) is 42.5 Å². The third-order valence-electron chi connectivity index (χ3n) is 0.833. The fourth-order valence-corrected chi connectivity index (χ4v) is 0.385. The number of benzene rings is 1. The molecular formula is C9H16NO3P. The molecule has 0 heterocycles. The highest BCUT2D eigenvalue weighted by molar-refractivity contribution is 7.30. The molecule has 0 aliphatic carbocycles. The van der Waals surface area contributed by atoms with Crippen LogP contribution in [-0.4, -0.2) is 16.3 Å². The summed E-state index contributed by atoms with van der Waals surface area (Å²) >= 11 is 0. The van der Waals surface area contributed by atoms with E-state index in [-0.39, 0.29) is 0 Å². The summed E-state index contributed by atoms with van der Waals surface area (Å²) in [5.74, 6) is 0. The number of rotatable bonds is 1. The minimum Gasteiger partial charge on any atom is -0.327 e. The fourth-order valence-electron chi connectivity index (χ4n) is 0.385. The van der Waals surface area contributed by atoms with Crippen molar-refractivity contribution in [1.82, 2.24) is 0 Å². The van der Waals surface area contributed by atoms with E-state index in [4.69, 9.17) is 20.1 Å². The van der Waals surface area contributed by atoms with E-state index in [2.05, 4.69) is 6.58 Å². The van der Waals surface area contributed by atoms with Gasteiger partial charge in [0.1, 0.15) is 0 Å². The highest BCUT2D eigenvalue weighted by Gasteiger charge is 1.61.